The van der Waals surface area contributed by atoms with Crippen molar-refractivity contribution in [2.75, 3.05) is 0 Å². The average molecular weight is 452 g/mol. The Morgan fingerprint density at radius 1 is 1.06 bits per heavy atom. The lowest BCUT2D eigenvalue weighted by molar-refractivity contribution is 0.666. The van der Waals surface area contributed by atoms with E-state index < -0.39 is 0 Å². The Hall–Kier alpha value is -0.0700. The predicted octanol–water partition coefficient (Wildman–Crippen LogP) is 5.72. The number of benzene rings is 2. The zero-order chi connectivity index (χ0) is 11.3. The summed E-state index contributed by atoms with van der Waals surface area (Å²) in [4.78, 5) is 0. The number of hydrogen-bond donors (Lipinski definition) is 0. The quantitative estimate of drug-likeness (QED) is 0.315. The second-order valence-electron chi connectivity index (χ2n) is 3.46. The molecule has 0 unspecified atom stereocenters. The molecule has 0 saturated heterocycles. The molecule has 16 heavy (non-hydrogen) atoms. The summed E-state index contributed by atoms with van der Waals surface area (Å²) in [6, 6.07) is 10.2. The van der Waals surface area contributed by atoms with Gasteiger partial charge in [-0.3, -0.25) is 0 Å². The van der Waals surface area contributed by atoms with Crippen molar-refractivity contribution in [2.45, 2.75) is 0 Å². The number of furan rings is 1. The van der Waals surface area contributed by atoms with E-state index in [0.29, 0.717) is 0 Å². The first-order chi connectivity index (χ1) is 7.68. The first-order valence-electron chi connectivity index (χ1n) is 4.63. The maximum absolute atomic E-state index is 5.85. The summed E-state index contributed by atoms with van der Waals surface area (Å²) in [6.07, 6.45) is 0. The summed E-state index contributed by atoms with van der Waals surface area (Å²) < 4.78 is 9.07. The Morgan fingerprint density at radius 2 is 1.81 bits per heavy atom. The van der Waals surface area contributed by atoms with Gasteiger partial charge in [-0.25, -0.2) is 0 Å². The Bertz CT molecular complexity index is 703. The molecule has 0 fully saturated rings. The highest BCUT2D eigenvalue weighted by Crippen LogP contribution is 2.39. The molecule has 0 bridgehead atoms. The Kier molecular flexibility index (Phi) is 2.76. The third-order valence-electron chi connectivity index (χ3n) is 2.51. The van der Waals surface area contributed by atoms with Crippen molar-refractivity contribution in [3.8, 4) is 0 Å². The second kappa shape index (κ2) is 3.99. The van der Waals surface area contributed by atoms with E-state index in [1.807, 2.05) is 18.2 Å². The van der Waals surface area contributed by atoms with Gasteiger partial charge in [-0.1, -0.05) is 18.2 Å². The van der Waals surface area contributed by atoms with Crippen molar-refractivity contribution in [1.82, 2.24) is 0 Å². The molecule has 1 nitrogen and oxygen atoms in total. The van der Waals surface area contributed by atoms with E-state index in [-0.39, 0.29) is 0 Å². The van der Waals surface area contributed by atoms with Crippen LogP contribution in [0.25, 0.3) is 21.9 Å². The number of para-hydroxylation sites is 1. The molecule has 1 aromatic heterocycles. The summed E-state index contributed by atoms with van der Waals surface area (Å²) in [5.41, 5.74) is 1.83. The molecular weight excluding hydrogens is 447 g/mol. The van der Waals surface area contributed by atoms with Gasteiger partial charge in [0, 0.05) is 18.8 Å². The lowest BCUT2D eigenvalue weighted by Gasteiger charge is -2.00. The van der Waals surface area contributed by atoms with Crippen LogP contribution in [0, 0.1) is 3.57 Å². The number of hydrogen-bond acceptors (Lipinski definition) is 1. The SMILES string of the molecule is Brc1cc2c(oc3ccccc32)c(Br)c1I. The highest BCUT2D eigenvalue weighted by atomic mass is 127. The van der Waals surface area contributed by atoms with Crippen molar-refractivity contribution < 1.29 is 4.42 Å². The predicted molar refractivity (Wildman–Crippen MR) is 81.8 cm³/mol. The fourth-order valence-corrected chi connectivity index (χ4v) is 3.37. The summed E-state index contributed by atoms with van der Waals surface area (Å²) >= 11 is 9.42. The first-order valence-corrected chi connectivity index (χ1v) is 7.29. The third kappa shape index (κ3) is 1.54. The molecule has 0 aliphatic carbocycles. The molecule has 2 aromatic carbocycles. The van der Waals surface area contributed by atoms with Crippen LogP contribution in [0.1, 0.15) is 0 Å². The van der Waals surface area contributed by atoms with Crippen LogP contribution in [-0.4, -0.2) is 0 Å². The molecule has 0 aliphatic rings. The summed E-state index contributed by atoms with van der Waals surface area (Å²) in [5.74, 6) is 0. The Morgan fingerprint density at radius 3 is 2.62 bits per heavy atom. The van der Waals surface area contributed by atoms with E-state index in [1.165, 1.54) is 0 Å². The number of rotatable bonds is 0. The smallest absolute Gasteiger partial charge is 0.150 e. The van der Waals surface area contributed by atoms with Crippen molar-refractivity contribution in [3.05, 3.63) is 42.8 Å². The molecule has 4 heteroatoms. The van der Waals surface area contributed by atoms with Gasteiger partial charge in [0.25, 0.3) is 0 Å². The van der Waals surface area contributed by atoms with Crippen molar-refractivity contribution in [1.29, 1.82) is 0 Å². The summed E-state index contributed by atoms with van der Waals surface area (Å²) in [7, 11) is 0. The molecule has 0 atom stereocenters. The Balaban J connectivity index is 2.60. The highest BCUT2D eigenvalue weighted by Gasteiger charge is 2.14. The van der Waals surface area contributed by atoms with Crippen LogP contribution in [0.2, 0.25) is 0 Å². The monoisotopic (exact) mass is 450 g/mol. The minimum absolute atomic E-state index is 0.911. The van der Waals surface area contributed by atoms with E-state index in [9.17, 15) is 0 Å². The topological polar surface area (TPSA) is 13.1 Å². The molecular formula is C12H5Br2IO. The zero-order valence-corrected chi connectivity index (χ0v) is 13.3. The molecule has 1 heterocycles. The molecule has 3 rings (SSSR count). The molecule has 0 aliphatic heterocycles. The van der Waals surface area contributed by atoms with Crippen LogP contribution in [0.5, 0.6) is 0 Å². The van der Waals surface area contributed by atoms with Crippen LogP contribution in [0.15, 0.2) is 43.7 Å². The van der Waals surface area contributed by atoms with Gasteiger partial charge in [0.2, 0.25) is 0 Å². The molecule has 0 spiro atoms. The van der Waals surface area contributed by atoms with Crippen molar-refractivity contribution in [2.24, 2.45) is 0 Å². The maximum Gasteiger partial charge on any atom is 0.150 e. The van der Waals surface area contributed by atoms with E-state index in [4.69, 9.17) is 4.42 Å². The van der Waals surface area contributed by atoms with Crippen LogP contribution < -0.4 is 0 Å². The largest absolute Gasteiger partial charge is 0.455 e. The van der Waals surface area contributed by atoms with Crippen LogP contribution in [0.4, 0.5) is 0 Å². The van der Waals surface area contributed by atoms with E-state index in [0.717, 1.165) is 34.5 Å². The first kappa shape index (κ1) is 11.0. The van der Waals surface area contributed by atoms with Gasteiger partial charge < -0.3 is 4.42 Å². The minimum Gasteiger partial charge on any atom is -0.455 e. The average Bonchev–Trinajstić information content (AvgIpc) is 2.65. The van der Waals surface area contributed by atoms with Gasteiger partial charge >= 0.3 is 0 Å². The van der Waals surface area contributed by atoms with E-state index >= 15 is 0 Å². The van der Waals surface area contributed by atoms with Crippen molar-refractivity contribution in [3.63, 3.8) is 0 Å². The third-order valence-corrected chi connectivity index (χ3v) is 6.49. The molecule has 0 amide bonds. The lowest BCUT2D eigenvalue weighted by atomic mass is 10.2. The fourth-order valence-electron chi connectivity index (χ4n) is 1.77. The fraction of sp³-hybridized carbons (Fsp3) is 0. The van der Waals surface area contributed by atoms with Gasteiger partial charge in [-0.05, 0) is 66.6 Å². The maximum atomic E-state index is 5.85. The van der Waals surface area contributed by atoms with Gasteiger partial charge in [0.15, 0.2) is 5.58 Å². The Labute approximate surface area is 123 Å². The zero-order valence-electron chi connectivity index (χ0n) is 7.93. The molecule has 0 N–H and O–H groups in total. The second-order valence-corrected chi connectivity index (χ2v) is 6.19. The van der Waals surface area contributed by atoms with Gasteiger partial charge in [0.05, 0.1) is 4.47 Å². The molecule has 3 aromatic rings. The highest BCUT2D eigenvalue weighted by molar-refractivity contribution is 14.1. The van der Waals surface area contributed by atoms with Crippen LogP contribution in [0.3, 0.4) is 0 Å². The number of halogens is 3. The normalized spacial score (nSPS) is 11.4. The van der Waals surface area contributed by atoms with Crippen LogP contribution in [-0.2, 0) is 0 Å². The molecule has 0 radical (unpaired) electrons. The molecule has 80 valence electrons. The van der Waals surface area contributed by atoms with Crippen molar-refractivity contribution >= 4 is 76.4 Å². The molecule has 0 saturated carbocycles. The van der Waals surface area contributed by atoms with E-state index in [2.05, 4.69) is 66.6 Å². The summed E-state index contributed by atoms with van der Waals surface area (Å²) in [6.45, 7) is 0. The minimum atomic E-state index is 0.911. The van der Waals surface area contributed by atoms with Gasteiger partial charge in [-0.15, -0.1) is 0 Å². The van der Waals surface area contributed by atoms with E-state index in [1.54, 1.807) is 0 Å². The van der Waals surface area contributed by atoms with Crippen LogP contribution >= 0.6 is 54.5 Å². The number of fused-ring (bicyclic) bond motifs is 3. The van der Waals surface area contributed by atoms with Gasteiger partial charge in [0.1, 0.15) is 5.58 Å². The standard InChI is InChI=1S/C12H5Br2IO/c13-8-5-7-6-3-1-2-4-9(6)16-12(7)10(14)11(8)15/h1-5H. The van der Waals surface area contributed by atoms with Gasteiger partial charge in [-0.2, -0.15) is 0 Å². The summed E-state index contributed by atoms with van der Waals surface area (Å²) in [5, 5.41) is 2.28. The lowest BCUT2D eigenvalue weighted by Crippen LogP contribution is -1.78.